The van der Waals surface area contributed by atoms with Crippen LogP contribution in [-0.2, 0) is 0 Å². The maximum absolute atomic E-state index is 10.8. The fourth-order valence-electron chi connectivity index (χ4n) is 1.38. The molecule has 2 aromatic rings. The smallest absolute Gasteiger partial charge is 0.295 e. The number of rotatable bonds is 2. The van der Waals surface area contributed by atoms with Crippen LogP contribution in [0.15, 0.2) is 41.0 Å². The molecule has 15 heavy (non-hydrogen) atoms. The maximum atomic E-state index is 10.8. The molecule has 0 bridgehead atoms. The van der Waals surface area contributed by atoms with Gasteiger partial charge in [-0.2, -0.15) is 0 Å². The van der Waals surface area contributed by atoms with E-state index in [0.717, 1.165) is 5.56 Å². The van der Waals surface area contributed by atoms with Crippen LogP contribution in [0.25, 0.3) is 11.3 Å². The summed E-state index contributed by atoms with van der Waals surface area (Å²) in [6.45, 7) is 0. The van der Waals surface area contributed by atoms with Gasteiger partial charge in [0, 0.05) is 11.6 Å². The van der Waals surface area contributed by atoms with Gasteiger partial charge in [0.05, 0.1) is 9.53 Å². The first kappa shape index (κ1) is 9.92. The number of halogens is 1. The van der Waals surface area contributed by atoms with E-state index >= 15 is 0 Å². The monoisotopic (exact) mass is 266 g/mol. The molecule has 0 amide bonds. The van der Waals surface area contributed by atoms with Crippen LogP contribution in [0.3, 0.4) is 0 Å². The number of aromatic amines is 1. The molecule has 76 valence electrons. The summed E-state index contributed by atoms with van der Waals surface area (Å²) < 4.78 is 0.605. The van der Waals surface area contributed by atoms with Crippen molar-refractivity contribution in [3.63, 3.8) is 0 Å². The molecule has 1 aromatic carbocycles. The lowest BCUT2D eigenvalue weighted by molar-refractivity contribution is -0.384. The summed E-state index contributed by atoms with van der Waals surface area (Å²) >= 11 is 3.19. The Balaban J connectivity index is 2.58. The van der Waals surface area contributed by atoms with E-state index in [9.17, 15) is 10.1 Å². The zero-order chi connectivity index (χ0) is 10.8. The van der Waals surface area contributed by atoms with Crippen molar-refractivity contribution in [1.29, 1.82) is 0 Å². The Bertz CT molecular complexity index is 493. The lowest BCUT2D eigenvalue weighted by Gasteiger charge is -1.96. The van der Waals surface area contributed by atoms with E-state index in [4.69, 9.17) is 0 Å². The number of nitro groups is 1. The highest BCUT2D eigenvalue weighted by Crippen LogP contribution is 2.31. The second-order valence-corrected chi connectivity index (χ2v) is 3.85. The van der Waals surface area contributed by atoms with Crippen LogP contribution in [-0.4, -0.2) is 9.91 Å². The fraction of sp³-hybridized carbons (Fsp3) is 0. The minimum Gasteiger partial charge on any atom is -0.343 e. The van der Waals surface area contributed by atoms with Gasteiger partial charge in [-0.25, -0.2) is 0 Å². The third kappa shape index (κ3) is 1.92. The topological polar surface area (TPSA) is 58.9 Å². The molecule has 4 nitrogen and oxygen atoms in total. The molecular weight excluding hydrogens is 260 g/mol. The SMILES string of the molecule is O=[N+]([O-])c1cc(Br)[nH]c1-c1ccccc1. The summed E-state index contributed by atoms with van der Waals surface area (Å²) in [5.74, 6) is 0. The summed E-state index contributed by atoms with van der Waals surface area (Å²) in [7, 11) is 0. The van der Waals surface area contributed by atoms with Crippen molar-refractivity contribution >= 4 is 21.6 Å². The van der Waals surface area contributed by atoms with Crippen molar-refractivity contribution in [2.45, 2.75) is 0 Å². The Morgan fingerprint density at radius 2 is 1.93 bits per heavy atom. The first-order valence-corrected chi connectivity index (χ1v) is 5.06. The van der Waals surface area contributed by atoms with E-state index in [-0.39, 0.29) is 5.69 Å². The van der Waals surface area contributed by atoms with Gasteiger partial charge in [0.2, 0.25) is 0 Å². The van der Waals surface area contributed by atoms with Gasteiger partial charge in [0.25, 0.3) is 5.69 Å². The standard InChI is InChI=1S/C10H7BrN2O2/c11-9-6-8(13(14)15)10(12-9)7-4-2-1-3-5-7/h1-6,12H. The average Bonchev–Trinajstić information content (AvgIpc) is 2.62. The summed E-state index contributed by atoms with van der Waals surface area (Å²) in [5.41, 5.74) is 1.40. The summed E-state index contributed by atoms with van der Waals surface area (Å²) in [6.07, 6.45) is 0. The van der Waals surface area contributed by atoms with Crippen LogP contribution in [0.5, 0.6) is 0 Å². The first-order chi connectivity index (χ1) is 7.18. The van der Waals surface area contributed by atoms with Crippen LogP contribution >= 0.6 is 15.9 Å². The van der Waals surface area contributed by atoms with Gasteiger partial charge in [0.15, 0.2) is 0 Å². The van der Waals surface area contributed by atoms with Crippen molar-refractivity contribution < 1.29 is 4.92 Å². The second kappa shape index (κ2) is 3.86. The van der Waals surface area contributed by atoms with E-state index in [2.05, 4.69) is 20.9 Å². The van der Waals surface area contributed by atoms with Crippen molar-refractivity contribution in [1.82, 2.24) is 4.98 Å². The lowest BCUT2D eigenvalue weighted by Crippen LogP contribution is -1.88. The zero-order valence-corrected chi connectivity index (χ0v) is 9.19. The molecule has 1 aromatic heterocycles. The van der Waals surface area contributed by atoms with Crippen molar-refractivity contribution in [3.8, 4) is 11.3 Å². The Hall–Kier alpha value is -1.62. The van der Waals surface area contributed by atoms with Crippen molar-refractivity contribution in [3.05, 3.63) is 51.1 Å². The molecule has 0 fully saturated rings. The predicted molar refractivity (Wildman–Crippen MR) is 60.6 cm³/mol. The average molecular weight is 267 g/mol. The lowest BCUT2D eigenvalue weighted by atomic mass is 10.1. The molecule has 5 heteroatoms. The Morgan fingerprint density at radius 3 is 2.53 bits per heavy atom. The maximum Gasteiger partial charge on any atom is 0.295 e. The minimum atomic E-state index is -0.399. The van der Waals surface area contributed by atoms with Gasteiger partial charge < -0.3 is 4.98 Å². The third-order valence-corrected chi connectivity index (χ3v) is 2.45. The van der Waals surface area contributed by atoms with Gasteiger partial charge in [-0.3, -0.25) is 10.1 Å². The largest absolute Gasteiger partial charge is 0.343 e. The van der Waals surface area contributed by atoms with E-state index in [1.165, 1.54) is 6.07 Å². The number of nitrogens with one attached hydrogen (secondary N) is 1. The molecule has 0 aliphatic rings. The molecule has 1 heterocycles. The molecule has 0 radical (unpaired) electrons. The van der Waals surface area contributed by atoms with Crippen LogP contribution in [0.1, 0.15) is 0 Å². The van der Waals surface area contributed by atoms with E-state index in [0.29, 0.717) is 10.3 Å². The van der Waals surface area contributed by atoms with Crippen LogP contribution in [0.2, 0.25) is 0 Å². The molecule has 0 unspecified atom stereocenters. The third-order valence-electron chi connectivity index (χ3n) is 2.02. The fourth-order valence-corrected chi connectivity index (χ4v) is 1.80. The predicted octanol–water partition coefficient (Wildman–Crippen LogP) is 3.35. The van der Waals surface area contributed by atoms with Gasteiger partial charge >= 0.3 is 0 Å². The number of benzene rings is 1. The quantitative estimate of drug-likeness (QED) is 0.670. The zero-order valence-electron chi connectivity index (χ0n) is 7.61. The summed E-state index contributed by atoms with van der Waals surface area (Å²) in [6, 6.07) is 10.7. The van der Waals surface area contributed by atoms with Crippen molar-refractivity contribution in [2.24, 2.45) is 0 Å². The highest BCUT2D eigenvalue weighted by Gasteiger charge is 2.18. The first-order valence-electron chi connectivity index (χ1n) is 4.27. The van der Waals surface area contributed by atoms with Crippen molar-refractivity contribution in [2.75, 3.05) is 0 Å². The molecule has 0 atom stereocenters. The highest BCUT2D eigenvalue weighted by atomic mass is 79.9. The Kier molecular flexibility index (Phi) is 2.55. The van der Waals surface area contributed by atoms with Gasteiger partial charge in [-0.05, 0) is 15.9 Å². The molecule has 1 N–H and O–H groups in total. The second-order valence-electron chi connectivity index (χ2n) is 3.00. The molecular formula is C10H7BrN2O2. The van der Waals surface area contributed by atoms with E-state index in [1.807, 2.05) is 30.3 Å². The van der Waals surface area contributed by atoms with Gasteiger partial charge in [-0.1, -0.05) is 30.3 Å². The molecule has 0 spiro atoms. The molecule has 2 rings (SSSR count). The molecule has 0 saturated carbocycles. The normalized spacial score (nSPS) is 10.2. The molecule has 0 aliphatic carbocycles. The van der Waals surface area contributed by atoms with Crippen LogP contribution < -0.4 is 0 Å². The Morgan fingerprint density at radius 1 is 1.27 bits per heavy atom. The number of hydrogen-bond donors (Lipinski definition) is 1. The highest BCUT2D eigenvalue weighted by molar-refractivity contribution is 9.10. The van der Waals surface area contributed by atoms with Crippen LogP contribution in [0.4, 0.5) is 5.69 Å². The van der Waals surface area contributed by atoms with E-state index < -0.39 is 4.92 Å². The van der Waals surface area contributed by atoms with Crippen LogP contribution in [0, 0.1) is 10.1 Å². The number of aromatic nitrogens is 1. The van der Waals surface area contributed by atoms with Gasteiger partial charge in [-0.15, -0.1) is 0 Å². The summed E-state index contributed by atoms with van der Waals surface area (Å²) in [5, 5.41) is 10.8. The number of hydrogen-bond acceptors (Lipinski definition) is 2. The van der Waals surface area contributed by atoms with Gasteiger partial charge in [0.1, 0.15) is 5.69 Å². The Labute approximate surface area is 94.2 Å². The molecule has 0 aliphatic heterocycles. The number of nitrogens with zero attached hydrogens (tertiary/aromatic N) is 1. The minimum absolute atomic E-state index is 0.0769. The number of H-pyrrole nitrogens is 1. The molecule has 0 saturated heterocycles. The van der Waals surface area contributed by atoms with E-state index in [1.54, 1.807) is 0 Å². The summed E-state index contributed by atoms with van der Waals surface area (Å²) in [4.78, 5) is 13.3.